The fourth-order valence-electron chi connectivity index (χ4n) is 2.42. The first-order chi connectivity index (χ1) is 11.5. The molecule has 0 aliphatic carbocycles. The molecular formula is C16H16ClN5O2. The van der Waals surface area contributed by atoms with Crippen LogP contribution in [-0.4, -0.2) is 27.1 Å². The number of H-pyrrole nitrogens is 1. The van der Waals surface area contributed by atoms with E-state index in [0.29, 0.717) is 22.4 Å². The van der Waals surface area contributed by atoms with Gasteiger partial charge in [0, 0.05) is 28.5 Å². The molecule has 0 amide bonds. The first-order valence-corrected chi connectivity index (χ1v) is 7.68. The lowest BCUT2D eigenvalue weighted by Gasteiger charge is -2.15. The van der Waals surface area contributed by atoms with E-state index < -0.39 is 0 Å². The van der Waals surface area contributed by atoms with E-state index in [9.17, 15) is 9.90 Å². The number of rotatable bonds is 4. The van der Waals surface area contributed by atoms with Crippen molar-refractivity contribution in [3.8, 4) is 5.75 Å². The van der Waals surface area contributed by atoms with Gasteiger partial charge in [-0.15, -0.1) is 0 Å². The van der Waals surface area contributed by atoms with Gasteiger partial charge in [0.2, 0.25) is 5.95 Å². The lowest BCUT2D eigenvalue weighted by Crippen LogP contribution is -2.20. The maximum Gasteiger partial charge on any atom is 0.253 e. The Balaban J connectivity index is 1.94. The summed E-state index contributed by atoms with van der Waals surface area (Å²) >= 11 is 6.01. The normalized spacial score (nSPS) is 12.1. The topological polar surface area (TPSA) is 103 Å². The third-order valence-electron chi connectivity index (χ3n) is 3.65. The Kier molecular flexibility index (Phi) is 4.26. The largest absolute Gasteiger partial charge is 0.503 e. The highest BCUT2D eigenvalue weighted by atomic mass is 35.5. The summed E-state index contributed by atoms with van der Waals surface area (Å²) in [6.07, 6.45) is 1.29. The number of benzene rings is 1. The highest BCUT2D eigenvalue weighted by Crippen LogP contribution is 2.23. The Hall–Kier alpha value is -2.80. The Labute approximate surface area is 142 Å². The van der Waals surface area contributed by atoms with Gasteiger partial charge < -0.3 is 20.7 Å². The van der Waals surface area contributed by atoms with Crippen LogP contribution in [0.25, 0.3) is 10.9 Å². The molecule has 0 saturated carbocycles. The first-order valence-electron chi connectivity index (χ1n) is 7.30. The molecule has 0 unspecified atom stereocenters. The fourth-order valence-corrected chi connectivity index (χ4v) is 2.60. The lowest BCUT2D eigenvalue weighted by atomic mass is 10.1. The first kappa shape index (κ1) is 16.1. The van der Waals surface area contributed by atoms with Gasteiger partial charge in [-0.1, -0.05) is 11.6 Å². The Bertz CT molecular complexity index is 957. The van der Waals surface area contributed by atoms with Crippen LogP contribution in [-0.2, 0) is 0 Å². The number of aromatic nitrogens is 3. The molecule has 124 valence electrons. The number of pyridine rings is 1. The smallest absolute Gasteiger partial charge is 0.253 e. The third kappa shape index (κ3) is 3.11. The summed E-state index contributed by atoms with van der Waals surface area (Å²) < 4.78 is 0. The molecular weight excluding hydrogens is 330 g/mol. The second-order valence-corrected chi connectivity index (χ2v) is 5.77. The molecule has 0 aliphatic rings. The van der Waals surface area contributed by atoms with Gasteiger partial charge in [0.15, 0.2) is 11.6 Å². The Morgan fingerprint density at radius 3 is 2.88 bits per heavy atom. The van der Waals surface area contributed by atoms with Crippen molar-refractivity contribution in [1.82, 2.24) is 15.0 Å². The van der Waals surface area contributed by atoms with Crippen molar-refractivity contribution >= 4 is 34.3 Å². The zero-order chi connectivity index (χ0) is 17.3. The van der Waals surface area contributed by atoms with Crippen molar-refractivity contribution < 1.29 is 5.11 Å². The average molecular weight is 346 g/mol. The van der Waals surface area contributed by atoms with Gasteiger partial charge in [0.05, 0.1) is 12.2 Å². The molecule has 2 aromatic heterocycles. The summed E-state index contributed by atoms with van der Waals surface area (Å²) in [5.41, 5.74) is 1.06. The third-order valence-corrected chi connectivity index (χ3v) is 3.89. The number of hydrogen-bond donors (Lipinski definition) is 4. The minimum atomic E-state index is -0.341. The molecule has 8 heteroatoms. The van der Waals surface area contributed by atoms with Crippen molar-refractivity contribution in [3.05, 3.63) is 51.4 Å². The summed E-state index contributed by atoms with van der Waals surface area (Å²) in [5, 5.41) is 16.9. The van der Waals surface area contributed by atoms with Gasteiger partial charge in [0.1, 0.15) is 0 Å². The number of anilines is 2. The van der Waals surface area contributed by atoms with Crippen molar-refractivity contribution in [2.45, 2.75) is 13.0 Å². The van der Waals surface area contributed by atoms with Crippen LogP contribution in [0, 0.1) is 0 Å². The highest BCUT2D eigenvalue weighted by Gasteiger charge is 2.13. The fraction of sp³-hybridized carbons (Fsp3) is 0.188. The van der Waals surface area contributed by atoms with Gasteiger partial charge in [0.25, 0.3) is 5.56 Å². The maximum absolute atomic E-state index is 12.3. The van der Waals surface area contributed by atoms with Crippen LogP contribution >= 0.6 is 11.6 Å². The van der Waals surface area contributed by atoms with Gasteiger partial charge >= 0.3 is 0 Å². The number of halogens is 1. The summed E-state index contributed by atoms with van der Waals surface area (Å²) in [6.45, 7) is 1.83. The van der Waals surface area contributed by atoms with E-state index >= 15 is 0 Å². The average Bonchev–Trinajstić information content (AvgIpc) is 2.56. The molecule has 24 heavy (non-hydrogen) atoms. The molecule has 1 atom stereocenters. The van der Waals surface area contributed by atoms with Crippen LogP contribution in [0.5, 0.6) is 5.75 Å². The van der Waals surface area contributed by atoms with Gasteiger partial charge in [-0.25, -0.2) is 4.98 Å². The lowest BCUT2D eigenvalue weighted by molar-refractivity contribution is 0.472. The number of nitrogens with one attached hydrogen (secondary N) is 3. The van der Waals surface area contributed by atoms with Gasteiger partial charge in [-0.05, 0) is 31.2 Å². The van der Waals surface area contributed by atoms with E-state index in [-0.39, 0.29) is 17.4 Å². The monoisotopic (exact) mass is 345 g/mol. The van der Waals surface area contributed by atoms with E-state index in [1.165, 1.54) is 6.20 Å². The van der Waals surface area contributed by atoms with Gasteiger partial charge in [-0.2, -0.15) is 4.98 Å². The van der Waals surface area contributed by atoms with Crippen molar-refractivity contribution in [1.29, 1.82) is 0 Å². The van der Waals surface area contributed by atoms with Crippen molar-refractivity contribution in [2.24, 2.45) is 0 Å². The molecule has 0 saturated heterocycles. The predicted octanol–water partition coefficient (Wildman–Crippen LogP) is 2.89. The van der Waals surface area contributed by atoms with Crippen molar-refractivity contribution in [2.75, 3.05) is 17.7 Å². The predicted molar refractivity (Wildman–Crippen MR) is 94.9 cm³/mol. The number of hydrogen-bond acceptors (Lipinski definition) is 6. The molecule has 4 N–H and O–H groups in total. The summed E-state index contributed by atoms with van der Waals surface area (Å²) in [7, 11) is 1.65. The van der Waals surface area contributed by atoms with E-state index in [0.717, 1.165) is 10.9 Å². The van der Waals surface area contributed by atoms with E-state index in [2.05, 4.69) is 25.6 Å². The molecule has 2 heterocycles. The molecule has 0 aliphatic heterocycles. The molecule has 3 rings (SSSR count). The summed E-state index contributed by atoms with van der Waals surface area (Å²) in [4.78, 5) is 23.3. The quantitative estimate of drug-likeness (QED) is 0.580. The number of fused-ring (bicyclic) bond motifs is 1. The minimum absolute atomic E-state index is 0.0473. The van der Waals surface area contributed by atoms with E-state index in [4.69, 9.17) is 11.6 Å². The van der Waals surface area contributed by atoms with Crippen molar-refractivity contribution in [3.63, 3.8) is 0 Å². The Morgan fingerprint density at radius 1 is 1.33 bits per heavy atom. The van der Waals surface area contributed by atoms with Crippen LogP contribution < -0.4 is 16.2 Å². The van der Waals surface area contributed by atoms with Crippen LogP contribution in [0.15, 0.2) is 35.3 Å². The molecule has 3 aromatic rings. The van der Waals surface area contributed by atoms with Crippen LogP contribution in [0.2, 0.25) is 5.02 Å². The van der Waals surface area contributed by atoms with Crippen LogP contribution in [0.1, 0.15) is 18.5 Å². The van der Waals surface area contributed by atoms with E-state index in [1.54, 1.807) is 31.3 Å². The number of nitrogens with zero attached hydrogens (tertiary/aromatic N) is 2. The van der Waals surface area contributed by atoms with Gasteiger partial charge in [-0.3, -0.25) is 4.79 Å². The zero-order valence-electron chi connectivity index (χ0n) is 13.1. The highest BCUT2D eigenvalue weighted by molar-refractivity contribution is 6.31. The molecule has 0 radical (unpaired) electrons. The van der Waals surface area contributed by atoms with Crippen LogP contribution in [0.3, 0.4) is 0 Å². The standard InChI is InChI=1S/C16H16ClN5O2/c1-8(20-16-19-7-13(23)14(18-2)22-16)11-6-9-5-10(17)3-4-12(9)21-15(11)24/h3-8,23H,1-2H3,(H,21,24)(H2,18,19,20,22)/t8-/m0/s1. The summed E-state index contributed by atoms with van der Waals surface area (Å²) in [6, 6.07) is 6.73. The molecule has 0 bridgehead atoms. The van der Waals surface area contributed by atoms with E-state index in [1.807, 2.05) is 6.92 Å². The molecule has 0 fully saturated rings. The SMILES string of the molecule is CNc1nc(N[C@@H](C)c2cc3cc(Cl)ccc3[nH]c2=O)ncc1O. The second-order valence-electron chi connectivity index (χ2n) is 5.33. The number of aromatic amines is 1. The zero-order valence-corrected chi connectivity index (χ0v) is 13.8. The summed E-state index contributed by atoms with van der Waals surface area (Å²) in [5.74, 6) is 0.558. The Morgan fingerprint density at radius 2 is 2.12 bits per heavy atom. The maximum atomic E-state index is 12.3. The molecule has 0 spiro atoms. The molecule has 1 aromatic carbocycles. The van der Waals surface area contributed by atoms with Crippen LogP contribution in [0.4, 0.5) is 11.8 Å². The minimum Gasteiger partial charge on any atom is -0.503 e. The second kappa shape index (κ2) is 6.37. The molecule has 7 nitrogen and oxygen atoms in total. The number of aromatic hydroxyl groups is 1.